The molecule has 4 rings (SSSR count). The first kappa shape index (κ1) is 17.5. The van der Waals surface area contributed by atoms with Crippen molar-refractivity contribution < 1.29 is 19.1 Å². The van der Waals surface area contributed by atoms with Crippen molar-refractivity contribution in [2.24, 2.45) is 0 Å². The van der Waals surface area contributed by atoms with Crippen molar-refractivity contribution in [3.05, 3.63) is 65.2 Å². The fourth-order valence-corrected chi connectivity index (χ4v) is 3.92. The summed E-state index contributed by atoms with van der Waals surface area (Å²) in [5, 5.41) is 0. The summed E-state index contributed by atoms with van der Waals surface area (Å²) in [6.07, 6.45) is 6.26. The number of esters is 1. The number of carbonyl (C=O) groups is 3. The number of hydrogen-bond donors (Lipinski definition) is 0. The van der Waals surface area contributed by atoms with E-state index in [4.69, 9.17) is 4.74 Å². The zero-order valence-electron chi connectivity index (χ0n) is 15.0. The van der Waals surface area contributed by atoms with E-state index in [-0.39, 0.29) is 0 Å². The van der Waals surface area contributed by atoms with Crippen molar-refractivity contribution in [1.82, 2.24) is 4.90 Å². The van der Waals surface area contributed by atoms with Crippen molar-refractivity contribution in [3.63, 3.8) is 0 Å². The van der Waals surface area contributed by atoms with Crippen LogP contribution in [0.25, 0.3) is 0 Å². The largest absolute Gasteiger partial charge is 0.425 e. The number of hydrogen-bond acceptors (Lipinski definition) is 4. The zero-order valence-corrected chi connectivity index (χ0v) is 15.0. The first-order chi connectivity index (χ1) is 13.1. The van der Waals surface area contributed by atoms with Gasteiger partial charge < -0.3 is 4.74 Å². The molecule has 0 spiro atoms. The Morgan fingerprint density at radius 1 is 0.889 bits per heavy atom. The van der Waals surface area contributed by atoms with Gasteiger partial charge in [0.25, 0.3) is 11.8 Å². The van der Waals surface area contributed by atoms with E-state index < -0.39 is 24.3 Å². The topological polar surface area (TPSA) is 63.7 Å². The molecule has 1 aliphatic heterocycles. The van der Waals surface area contributed by atoms with Gasteiger partial charge in [0.1, 0.15) is 12.3 Å². The molecule has 2 aromatic carbocycles. The fraction of sp³-hybridized carbons (Fsp3) is 0.318. The van der Waals surface area contributed by atoms with Crippen molar-refractivity contribution in [3.8, 4) is 5.75 Å². The van der Waals surface area contributed by atoms with Crippen molar-refractivity contribution >= 4 is 17.8 Å². The molecule has 0 bridgehead atoms. The minimum Gasteiger partial charge on any atom is -0.425 e. The highest BCUT2D eigenvalue weighted by molar-refractivity contribution is 6.22. The van der Waals surface area contributed by atoms with Crippen LogP contribution in [0.3, 0.4) is 0 Å². The average molecular weight is 363 g/mol. The van der Waals surface area contributed by atoms with Crippen LogP contribution in [0, 0.1) is 0 Å². The van der Waals surface area contributed by atoms with Crippen LogP contribution in [0.15, 0.2) is 48.5 Å². The number of fused-ring (bicyclic) bond motifs is 1. The second-order valence-electron chi connectivity index (χ2n) is 7.12. The molecule has 0 saturated heterocycles. The third kappa shape index (κ3) is 3.50. The van der Waals surface area contributed by atoms with Gasteiger partial charge in [-0.25, -0.2) is 4.79 Å². The van der Waals surface area contributed by atoms with E-state index in [0.29, 0.717) is 22.8 Å². The second kappa shape index (κ2) is 7.35. The summed E-state index contributed by atoms with van der Waals surface area (Å²) in [7, 11) is 0. The molecule has 0 aromatic heterocycles. The molecule has 0 radical (unpaired) electrons. The summed E-state index contributed by atoms with van der Waals surface area (Å²) in [5.74, 6) is -0.534. The van der Waals surface area contributed by atoms with E-state index in [1.54, 1.807) is 36.4 Å². The van der Waals surface area contributed by atoms with Gasteiger partial charge in [0.2, 0.25) is 0 Å². The van der Waals surface area contributed by atoms with Crippen molar-refractivity contribution in [2.45, 2.75) is 38.0 Å². The number of benzene rings is 2. The minimum atomic E-state index is -0.630. The number of carbonyl (C=O) groups excluding carboxylic acids is 3. The highest BCUT2D eigenvalue weighted by atomic mass is 16.5. The Labute approximate surface area is 157 Å². The third-order valence-corrected chi connectivity index (χ3v) is 5.35. The number of rotatable bonds is 4. The molecule has 2 amide bonds. The molecular formula is C22H21NO4. The Bertz CT molecular complexity index is 846. The quantitative estimate of drug-likeness (QED) is 0.469. The lowest BCUT2D eigenvalue weighted by Gasteiger charge is -2.22. The molecule has 5 nitrogen and oxygen atoms in total. The normalized spacial score (nSPS) is 17.1. The monoisotopic (exact) mass is 363 g/mol. The van der Waals surface area contributed by atoms with Crippen LogP contribution >= 0.6 is 0 Å². The molecule has 0 N–H and O–H groups in total. The number of ether oxygens (including phenoxy) is 1. The first-order valence-corrected chi connectivity index (χ1v) is 9.39. The highest BCUT2D eigenvalue weighted by Gasteiger charge is 2.36. The summed E-state index contributed by atoms with van der Waals surface area (Å²) in [5.41, 5.74) is 1.93. The molecule has 27 heavy (non-hydrogen) atoms. The van der Waals surface area contributed by atoms with Gasteiger partial charge in [0.05, 0.1) is 11.1 Å². The molecule has 1 saturated carbocycles. The first-order valence-electron chi connectivity index (χ1n) is 9.39. The maximum atomic E-state index is 12.3. The Morgan fingerprint density at radius 3 is 2.07 bits per heavy atom. The highest BCUT2D eigenvalue weighted by Crippen LogP contribution is 2.33. The lowest BCUT2D eigenvalue weighted by atomic mass is 9.84. The van der Waals surface area contributed by atoms with Crippen LogP contribution in [-0.4, -0.2) is 29.2 Å². The summed E-state index contributed by atoms with van der Waals surface area (Å²) in [6.45, 7) is -0.392. The molecular weight excluding hydrogens is 342 g/mol. The average Bonchev–Trinajstić information content (AvgIpc) is 2.94. The van der Waals surface area contributed by atoms with Gasteiger partial charge in [0, 0.05) is 0 Å². The summed E-state index contributed by atoms with van der Waals surface area (Å²) >= 11 is 0. The summed E-state index contributed by atoms with van der Waals surface area (Å²) < 4.78 is 5.33. The standard InChI is InChI=1S/C22H21NO4/c24-20(14-23-21(25)18-8-4-5-9-19(18)22(23)26)27-17-12-10-16(11-13-17)15-6-2-1-3-7-15/h4-5,8-13,15H,1-3,6-7,14H2. The van der Waals surface area contributed by atoms with Crippen LogP contribution in [0.2, 0.25) is 0 Å². The van der Waals surface area contributed by atoms with Gasteiger partial charge >= 0.3 is 5.97 Å². The summed E-state index contributed by atoms with van der Waals surface area (Å²) in [6, 6.07) is 14.1. The van der Waals surface area contributed by atoms with E-state index in [9.17, 15) is 14.4 Å². The Kier molecular flexibility index (Phi) is 4.75. The Balaban J connectivity index is 1.38. The lowest BCUT2D eigenvalue weighted by molar-refractivity contribution is -0.134. The fourth-order valence-electron chi connectivity index (χ4n) is 3.92. The SMILES string of the molecule is O=C(CN1C(=O)c2ccccc2C1=O)Oc1ccc(C2CCCCC2)cc1. The van der Waals surface area contributed by atoms with E-state index in [1.165, 1.54) is 37.7 Å². The number of nitrogens with zero attached hydrogens (tertiary/aromatic N) is 1. The Hall–Kier alpha value is -2.95. The van der Waals surface area contributed by atoms with Gasteiger partial charge in [0.15, 0.2) is 0 Å². The summed E-state index contributed by atoms with van der Waals surface area (Å²) in [4.78, 5) is 37.8. The van der Waals surface area contributed by atoms with Crippen LogP contribution < -0.4 is 4.74 Å². The molecule has 138 valence electrons. The van der Waals surface area contributed by atoms with Gasteiger partial charge in [-0.3, -0.25) is 14.5 Å². The van der Waals surface area contributed by atoms with Crippen molar-refractivity contribution in [1.29, 1.82) is 0 Å². The molecule has 1 heterocycles. The second-order valence-corrected chi connectivity index (χ2v) is 7.12. The molecule has 0 unspecified atom stereocenters. The van der Waals surface area contributed by atoms with E-state index in [1.807, 2.05) is 12.1 Å². The van der Waals surface area contributed by atoms with Gasteiger partial charge in [-0.2, -0.15) is 0 Å². The third-order valence-electron chi connectivity index (χ3n) is 5.35. The molecule has 5 heteroatoms. The minimum absolute atomic E-state index is 0.326. The molecule has 2 aliphatic rings. The van der Waals surface area contributed by atoms with Crippen LogP contribution in [0.4, 0.5) is 0 Å². The molecule has 1 fully saturated rings. The van der Waals surface area contributed by atoms with Gasteiger partial charge in [-0.1, -0.05) is 43.5 Å². The zero-order chi connectivity index (χ0) is 18.8. The lowest BCUT2D eigenvalue weighted by Crippen LogP contribution is -2.36. The smallest absolute Gasteiger partial charge is 0.331 e. The number of amides is 2. The van der Waals surface area contributed by atoms with Crippen LogP contribution in [0.5, 0.6) is 5.75 Å². The van der Waals surface area contributed by atoms with E-state index in [2.05, 4.69) is 0 Å². The molecule has 2 aromatic rings. The molecule has 1 aliphatic carbocycles. The molecule has 0 atom stereocenters. The van der Waals surface area contributed by atoms with Crippen LogP contribution in [-0.2, 0) is 4.79 Å². The maximum Gasteiger partial charge on any atom is 0.331 e. The van der Waals surface area contributed by atoms with Gasteiger partial charge in [-0.15, -0.1) is 0 Å². The maximum absolute atomic E-state index is 12.3. The Morgan fingerprint density at radius 2 is 1.48 bits per heavy atom. The van der Waals surface area contributed by atoms with Gasteiger partial charge in [-0.05, 0) is 48.6 Å². The van der Waals surface area contributed by atoms with Crippen LogP contribution in [0.1, 0.15) is 64.3 Å². The van der Waals surface area contributed by atoms with E-state index in [0.717, 1.165) is 4.90 Å². The predicted octanol–water partition coefficient (Wildman–Crippen LogP) is 3.94. The van der Waals surface area contributed by atoms with E-state index >= 15 is 0 Å². The predicted molar refractivity (Wildman–Crippen MR) is 99.7 cm³/mol. The van der Waals surface area contributed by atoms with Crippen molar-refractivity contribution in [2.75, 3.05) is 6.54 Å². The number of imide groups is 1.